The number of nitrogens with zero attached hydrogens (tertiary/aromatic N) is 2. The molecular weight excluding hydrogens is 258 g/mol. The van der Waals surface area contributed by atoms with Crippen molar-refractivity contribution in [3.05, 3.63) is 40.7 Å². The first kappa shape index (κ1) is 12.7. The highest BCUT2D eigenvalue weighted by atomic mass is 35.5. The first-order valence-corrected chi connectivity index (χ1v) is 7.03. The molecule has 1 saturated carbocycles. The summed E-state index contributed by atoms with van der Waals surface area (Å²) in [7, 11) is 1.95. The minimum Gasteiger partial charge on any atom is -0.310 e. The molecule has 0 atom stereocenters. The molecule has 2 aromatic rings. The largest absolute Gasteiger partial charge is 0.310 e. The Labute approximate surface area is 118 Å². The number of benzene rings is 1. The quantitative estimate of drug-likeness (QED) is 0.928. The van der Waals surface area contributed by atoms with Crippen LogP contribution < -0.4 is 5.32 Å². The van der Waals surface area contributed by atoms with Crippen LogP contribution in [0.1, 0.15) is 24.1 Å². The summed E-state index contributed by atoms with van der Waals surface area (Å²) in [5.74, 6) is 0. The summed E-state index contributed by atoms with van der Waals surface area (Å²) in [5.41, 5.74) is 4.56. The third kappa shape index (κ3) is 2.82. The maximum Gasteiger partial charge on any atom is 0.0671 e. The van der Waals surface area contributed by atoms with Crippen LogP contribution >= 0.6 is 11.6 Å². The van der Waals surface area contributed by atoms with Crippen molar-refractivity contribution in [1.82, 2.24) is 15.1 Å². The number of halogens is 1. The van der Waals surface area contributed by atoms with Crippen LogP contribution in [0, 0.1) is 6.92 Å². The van der Waals surface area contributed by atoms with Crippen LogP contribution in [0.4, 0.5) is 0 Å². The fraction of sp³-hybridized carbons (Fsp3) is 0.400. The number of nitrogens with one attached hydrogen (secondary N) is 1. The lowest BCUT2D eigenvalue weighted by Crippen LogP contribution is -2.15. The Balaban J connectivity index is 1.89. The van der Waals surface area contributed by atoms with E-state index in [1.54, 1.807) is 0 Å². The molecule has 0 amide bonds. The van der Waals surface area contributed by atoms with E-state index in [2.05, 4.69) is 28.7 Å². The smallest absolute Gasteiger partial charge is 0.0671 e. The van der Waals surface area contributed by atoms with Crippen LogP contribution in [0.5, 0.6) is 0 Å². The van der Waals surface area contributed by atoms with Gasteiger partial charge in [0.2, 0.25) is 0 Å². The van der Waals surface area contributed by atoms with Crippen molar-refractivity contribution in [3.8, 4) is 11.1 Å². The summed E-state index contributed by atoms with van der Waals surface area (Å²) in [5, 5.41) is 8.73. The summed E-state index contributed by atoms with van der Waals surface area (Å²) >= 11 is 6.27. The Bertz CT molecular complexity index is 599. The predicted molar refractivity (Wildman–Crippen MR) is 78.3 cm³/mol. The second kappa shape index (κ2) is 4.99. The zero-order valence-corrected chi connectivity index (χ0v) is 12.0. The summed E-state index contributed by atoms with van der Waals surface area (Å²) < 4.78 is 1.85. The van der Waals surface area contributed by atoms with Gasteiger partial charge in [-0.15, -0.1) is 0 Å². The molecule has 4 heteroatoms. The van der Waals surface area contributed by atoms with Crippen LogP contribution in [0.25, 0.3) is 11.1 Å². The summed E-state index contributed by atoms with van der Waals surface area (Å²) in [6, 6.07) is 6.90. The van der Waals surface area contributed by atoms with Gasteiger partial charge >= 0.3 is 0 Å². The molecule has 0 radical (unpaired) electrons. The van der Waals surface area contributed by atoms with Gasteiger partial charge in [-0.1, -0.05) is 17.7 Å². The first-order valence-electron chi connectivity index (χ1n) is 6.66. The van der Waals surface area contributed by atoms with Gasteiger partial charge in [0.25, 0.3) is 0 Å². The summed E-state index contributed by atoms with van der Waals surface area (Å²) in [6.45, 7) is 2.88. The van der Waals surface area contributed by atoms with Gasteiger partial charge in [0, 0.05) is 36.4 Å². The van der Waals surface area contributed by atoms with Crippen LogP contribution in [-0.2, 0) is 13.6 Å². The number of hydrogen-bond donors (Lipinski definition) is 1. The lowest BCUT2D eigenvalue weighted by atomic mass is 10.0. The van der Waals surface area contributed by atoms with Crippen LogP contribution in [-0.4, -0.2) is 15.8 Å². The molecule has 1 N–H and O–H groups in total. The lowest BCUT2D eigenvalue weighted by molar-refractivity contribution is 0.688. The number of rotatable bonds is 4. The third-order valence-electron chi connectivity index (χ3n) is 3.53. The van der Waals surface area contributed by atoms with Crippen LogP contribution in [0.3, 0.4) is 0 Å². The first-order chi connectivity index (χ1) is 9.13. The maximum absolute atomic E-state index is 6.27. The molecule has 1 heterocycles. The fourth-order valence-electron chi connectivity index (χ4n) is 2.30. The Morgan fingerprint density at radius 2 is 2.21 bits per heavy atom. The van der Waals surface area contributed by atoms with Crippen molar-refractivity contribution in [2.75, 3.05) is 0 Å². The summed E-state index contributed by atoms with van der Waals surface area (Å²) in [4.78, 5) is 0. The van der Waals surface area contributed by atoms with E-state index in [9.17, 15) is 0 Å². The van der Waals surface area contributed by atoms with Crippen LogP contribution in [0.15, 0.2) is 24.4 Å². The minimum absolute atomic E-state index is 0.694. The van der Waals surface area contributed by atoms with Crippen LogP contribution in [0.2, 0.25) is 5.02 Å². The van der Waals surface area contributed by atoms with Crippen molar-refractivity contribution in [3.63, 3.8) is 0 Å². The van der Waals surface area contributed by atoms with Gasteiger partial charge in [0.1, 0.15) is 0 Å². The van der Waals surface area contributed by atoms with E-state index in [1.165, 1.54) is 24.0 Å². The molecular formula is C15H18ClN3. The summed E-state index contributed by atoms with van der Waals surface area (Å²) in [6.07, 6.45) is 4.63. The molecule has 100 valence electrons. The normalized spacial score (nSPS) is 14.9. The molecule has 0 aliphatic heterocycles. The standard InChI is InChI=1S/C15H18ClN3/c1-10-14(9-19(2)18-10)11-3-6-15(16)12(7-11)8-17-13-4-5-13/h3,6-7,9,13,17H,4-5,8H2,1-2H3. The van der Waals surface area contributed by atoms with Crippen molar-refractivity contribution in [2.24, 2.45) is 7.05 Å². The van der Waals surface area contributed by atoms with Gasteiger partial charge in [0.05, 0.1) is 5.69 Å². The minimum atomic E-state index is 0.694. The van der Waals surface area contributed by atoms with Gasteiger partial charge in [-0.05, 0) is 43.0 Å². The zero-order valence-electron chi connectivity index (χ0n) is 11.3. The molecule has 1 aliphatic carbocycles. The van der Waals surface area contributed by atoms with E-state index < -0.39 is 0 Å². The number of aryl methyl sites for hydroxylation is 2. The molecule has 0 spiro atoms. The molecule has 1 fully saturated rings. The Hall–Kier alpha value is -1.32. The van der Waals surface area contributed by atoms with Gasteiger partial charge in [-0.25, -0.2) is 0 Å². The average molecular weight is 276 g/mol. The highest BCUT2D eigenvalue weighted by Crippen LogP contribution is 2.28. The second-order valence-corrected chi connectivity index (χ2v) is 5.67. The molecule has 1 aliphatic rings. The van der Waals surface area contributed by atoms with E-state index in [0.717, 1.165) is 22.8 Å². The Kier molecular flexibility index (Phi) is 3.33. The topological polar surface area (TPSA) is 29.9 Å². The third-order valence-corrected chi connectivity index (χ3v) is 3.90. The van der Waals surface area contributed by atoms with E-state index >= 15 is 0 Å². The highest BCUT2D eigenvalue weighted by molar-refractivity contribution is 6.31. The number of aromatic nitrogens is 2. The highest BCUT2D eigenvalue weighted by Gasteiger charge is 2.20. The molecule has 19 heavy (non-hydrogen) atoms. The Morgan fingerprint density at radius 3 is 2.84 bits per heavy atom. The van der Waals surface area contributed by atoms with Gasteiger partial charge in [-0.2, -0.15) is 5.10 Å². The lowest BCUT2D eigenvalue weighted by Gasteiger charge is -2.08. The molecule has 3 nitrogen and oxygen atoms in total. The van der Waals surface area contributed by atoms with Crippen molar-refractivity contribution >= 4 is 11.6 Å². The molecule has 0 saturated heterocycles. The van der Waals surface area contributed by atoms with Gasteiger partial charge < -0.3 is 5.32 Å². The van der Waals surface area contributed by atoms with E-state index in [-0.39, 0.29) is 0 Å². The fourth-order valence-corrected chi connectivity index (χ4v) is 2.49. The second-order valence-electron chi connectivity index (χ2n) is 5.26. The molecule has 0 bridgehead atoms. The van der Waals surface area contributed by atoms with E-state index in [0.29, 0.717) is 6.04 Å². The predicted octanol–water partition coefficient (Wildman–Crippen LogP) is 3.30. The van der Waals surface area contributed by atoms with E-state index in [4.69, 9.17) is 11.6 Å². The maximum atomic E-state index is 6.27. The molecule has 1 aromatic carbocycles. The monoisotopic (exact) mass is 275 g/mol. The molecule has 0 unspecified atom stereocenters. The van der Waals surface area contributed by atoms with Crippen molar-refractivity contribution in [1.29, 1.82) is 0 Å². The zero-order chi connectivity index (χ0) is 13.4. The molecule has 1 aromatic heterocycles. The Morgan fingerprint density at radius 1 is 1.42 bits per heavy atom. The average Bonchev–Trinajstić information content (AvgIpc) is 3.13. The van der Waals surface area contributed by atoms with Gasteiger partial charge in [-0.3, -0.25) is 4.68 Å². The van der Waals surface area contributed by atoms with E-state index in [1.807, 2.05) is 24.7 Å². The van der Waals surface area contributed by atoms with Crippen molar-refractivity contribution < 1.29 is 0 Å². The molecule has 3 rings (SSSR count). The SMILES string of the molecule is Cc1nn(C)cc1-c1ccc(Cl)c(CNC2CC2)c1. The van der Waals surface area contributed by atoms with Gasteiger partial charge in [0.15, 0.2) is 0 Å². The number of hydrogen-bond acceptors (Lipinski definition) is 2. The van der Waals surface area contributed by atoms with Crippen molar-refractivity contribution in [2.45, 2.75) is 32.4 Å².